The van der Waals surface area contributed by atoms with Crippen LogP contribution in [0.5, 0.6) is 0 Å². The van der Waals surface area contributed by atoms with Crippen molar-refractivity contribution in [1.82, 2.24) is 0 Å². The molecule has 29 heavy (non-hydrogen) atoms. The average molecular weight is 406 g/mol. The Kier molecular flexibility index (Phi) is 3.86. The molecular weight excluding hydrogens is 376 g/mol. The van der Waals surface area contributed by atoms with Crippen molar-refractivity contribution in [3.05, 3.63) is 12.2 Å². The van der Waals surface area contributed by atoms with Gasteiger partial charge in [-0.3, -0.25) is 9.59 Å². The van der Waals surface area contributed by atoms with Crippen molar-refractivity contribution in [1.29, 1.82) is 0 Å². The molecule has 6 fully saturated rings. The maximum atomic E-state index is 13.4. The average Bonchev–Trinajstić information content (AvgIpc) is 2.89. The molecule has 0 aromatic rings. The van der Waals surface area contributed by atoms with Crippen LogP contribution in [0.3, 0.4) is 0 Å². The van der Waals surface area contributed by atoms with Crippen molar-refractivity contribution < 1.29 is 34.4 Å². The second-order valence-electron chi connectivity index (χ2n) is 10.4. The van der Waals surface area contributed by atoms with Crippen LogP contribution in [0.25, 0.3) is 0 Å². The van der Waals surface area contributed by atoms with E-state index < -0.39 is 46.1 Å². The topological polar surface area (TPSA) is 113 Å². The molecule has 4 saturated carbocycles. The van der Waals surface area contributed by atoms with Crippen LogP contribution in [-0.4, -0.2) is 58.3 Å². The first-order valence-corrected chi connectivity index (χ1v) is 10.6. The van der Waals surface area contributed by atoms with E-state index in [4.69, 9.17) is 9.47 Å². The smallest absolute Gasteiger partial charge is 0.302 e. The highest BCUT2D eigenvalue weighted by Crippen LogP contribution is 2.76. The zero-order valence-electron chi connectivity index (χ0n) is 17.0. The summed E-state index contributed by atoms with van der Waals surface area (Å²) in [5, 5.41) is 34.1. The number of carbonyl (C=O) groups is 2. The van der Waals surface area contributed by atoms with Gasteiger partial charge in [-0.05, 0) is 37.2 Å². The lowest BCUT2D eigenvalue weighted by atomic mass is 9.36. The van der Waals surface area contributed by atoms with Crippen LogP contribution in [0.4, 0.5) is 0 Å². The second kappa shape index (κ2) is 5.69. The molecule has 3 N–H and O–H groups in total. The van der Waals surface area contributed by atoms with E-state index in [-0.39, 0.29) is 37.3 Å². The first-order valence-electron chi connectivity index (χ1n) is 10.6. The zero-order valence-corrected chi connectivity index (χ0v) is 17.0. The molecule has 2 spiro atoms. The third-order valence-electron chi connectivity index (χ3n) is 9.20. The van der Waals surface area contributed by atoms with Crippen LogP contribution < -0.4 is 0 Å². The Morgan fingerprint density at radius 1 is 1.34 bits per heavy atom. The van der Waals surface area contributed by atoms with E-state index in [1.165, 1.54) is 6.92 Å². The quantitative estimate of drug-likeness (QED) is 0.462. The summed E-state index contributed by atoms with van der Waals surface area (Å²) >= 11 is 0. The summed E-state index contributed by atoms with van der Waals surface area (Å²) in [7, 11) is 0. The molecule has 2 heterocycles. The number of fused-ring (bicyclic) bond motifs is 2. The lowest BCUT2D eigenvalue weighted by molar-refractivity contribution is -0.441. The van der Waals surface area contributed by atoms with Gasteiger partial charge in [0.25, 0.3) is 0 Å². The van der Waals surface area contributed by atoms with E-state index in [1.807, 2.05) is 6.92 Å². The molecule has 2 saturated heterocycles. The molecule has 160 valence electrons. The van der Waals surface area contributed by atoms with E-state index in [2.05, 4.69) is 6.58 Å². The van der Waals surface area contributed by atoms with Crippen LogP contribution in [0.1, 0.15) is 46.0 Å². The van der Waals surface area contributed by atoms with Crippen LogP contribution in [0, 0.1) is 34.0 Å². The van der Waals surface area contributed by atoms with Gasteiger partial charge in [0.1, 0.15) is 6.10 Å². The van der Waals surface area contributed by atoms with Gasteiger partial charge < -0.3 is 24.8 Å². The Balaban J connectivity index is 1.67. The van der Waals surface area contributed by atoms with E-state index >= 15 is 0 Å². The van der Waals surface area contributed by atoms with Gasteiger partial charge in [-0.2, -0.15) is 0 Å². The normalized spacial score (nSPS) is 55.4. The minimum Gasteiger partial charge on any atom is -0.465 e. The Morgan fingerprint density at radius 2 is 2.07 bits per heavy atom. The summed E-state index contributed by atoms with van der Waals surface area (Å²) < 4.78 is 11.3. The Hall–Kier alpha value is -1.28. The lowest BCUT2D eigenvalue weighted by Gasteiger charge is -2.73. The highest BCUT2D eigenvalue weighted by atomic mass is 16.6. The molecule has 6 aliphatic rings. The second-order valence-corrected chi connectivity index (χ2v) is 10.4. The largest absolute Gasteiger partial charge is 0.465 e. The van der Waals surface area contributed by atoms with Gasteiger partial charge >= 0.3 is 5.97 Å². The minimum atomic E-state index is -2.02. The zero-order chi connectivity index (χ0) is 21.0. The maximum absolute atomic E-state index is 13.4. The number of ether oxygens (including phenoxy) is 2. The number of hydrogen-bond donors (Lipinski definition) is 3. The fourth-order valence-electron chi connectivity index (χ4n) is 8.13. The molecule has 7 heteroatoms. The van der Waals surface area contributed by atoms with Crippen LogP contribution in [0.15, 0.2) is 12.2 Å². The van der Waals surface area contributed by atoms with Crippen LogP contribution >= 0.6 is 0 Å². The molecule has 0 amide bonds. The molecular formula is C22H30O7. The molecule has 0 unspecified atom stereocenters. The maximum Gasteiger partial charge on any atom is 0.302 e. The Labute approximate surface area is 170 Å². The molecule has 0 aromatic heterocycles. The number of Topliss-reactive ketones (excluding diaryl/α,β-unsaturated/α-hetero) is 1. The molecule has 6 rings (SSSR count). The number of aliphatic hydroxyl groups is 3. The van der Waals surface area contributed by atoms with Crippen LogP contribution in [-0.2, 0) is 19.1 Å². The first kappa shape index (κ1) is 19.7. The number of hydrogen-bond acceptors (Lipinski definition) is 7. The third-order valence-corrected chi connectivity index (χ3v) is 9.20. The van der Waals surface area contributed by atoms with Crippen LogP contribution in [0.2, 0.25) is 0 Å². The van der Waals surface area contributed by atoms with Gasteiger partial charge in [0.2, 0.25) is 5.79 Å². The monoisotopic (exact) mass is 406 g/mol. The van der Waals surface area contributed by atoms with Crippen molar-refractivity contribution in [2.45, 2.75) is 63.9 Å². The molecule has 4 bridgehead atoms. The third kappa shape index (κ3) is 2.03. The van der Waals surface area contributed by atoms with Gasteiger partial charge in [0.05, 0.1) is 24.7 Å². The first-order chi connectivity index (χ1) is 13.5. The molecule has 0 aromatic carbocycles. The van der Waals surface area contributed by atoms with E-state index in [0.29, 0.717) is 12.0 Å². The summed E-state index contributed by atoms with van der Waals surface area (Å²) in [5.74, 6) is -3.78. The molecule has 9 atom stereocenters. The molecule has 4 aliphatic carbocycles. The number of esters is 1. The predicted octanol–water partition coefficient (Wildman–Crippen LogP) is 0.948. The number of aliphatic hydroxyl groups excluding tert-OH is 2. The van der Waals surface area contributed by atoms with E-state index in [9.17, 15) is 24.9 Å². The van der Waals surface area contributed by atoms with Crippen molar-refractivity contribution >= 4 is 11.8 Å². The van der Waals surface area contributed by atoms with Gasteiger partial charge in [0, 0.05) is 29.6 Å². The minimum absolute atomic E-state index is 0.146. The highest BCUT2D eigenvalue weighted by Gasteiger charge is 2.84. The fraction of sp³-hybridized carbons (Fsp3) is 0.818. The van der Waals surface area contributed by atoms with Gasteiger partial charge in [-0.15, -0.1) is 0 Å². The number of ketones is 1. The van der Waals surface area contributed by atoms with Crippen molar-refractivity contribution in [2.75, 3.05) is 13.2 Å². The summed E-state index contributed by atoms with van der Waals surface area (Å²) in [5.41, 5.74) is -2.04. The summed E-state index contributed by atoms with van der Waals surface area (Å²) in [6.07, 6.45) is 0.995. The standard InChI is InChI=1S/C22H30O7/c1-11-13-8-21(17(11)25)15(7-14(13)24)20-6-4-5-19(3,9-28-12(2)23)16(20)18(26)22(21,27)29-10-20/h13-16,18,24,26-27H,1,4-10H2,2-3H3/t13-,14+,15+,16-,18+,19+,20-,21+,22-/m1/s1. The molecule has 7 nitrogen and oxygen atoms in total. The van der Waals surface area contributed by atoms with Crippen molar-refractivity contribution in [3.63, 3.8) is 0 Å². The van der Waals surface area contributed by atoms with Gasteiger partial charge in [0.15, 0.2) is 5.78 Å². The molecule has 0 radical (unpaired) electrons. The Bertz CT molecular complexity index is 809. The lowest BCUT2D eigenvalue weighted by Crippen LogP contribution is -2.82. The van der Waals surface area contributed by atoms with Crippen molar-refractivity contribution in [3.8, 4) is 0 Å². The summed E-state index contributed by atoms with van der Waals surface area (Å²) in [6, 6.07) is 0. The summed E-state index contributed by atoms with van der Waals surface area (Å²) in [6.45, 7) is 7.63. The van der Waals surface area contributed by atoms with Gasteiger partial charge in [-0.1, -0.05) is 19.9 Å². The molecule has 2 aliphatic heterocycles. The van der Waals surface area contributed by atoms with Crippen molar-refractivity contribution in [2.24, 2.45) is 34.0 Å². The summed E-state index contributed by atoms with van der Waals surface area (Å²) in [4.78, 5) is 24.9. The van der Waals surface area contributed by atoms with E-state index in [1.54, 1.807) is 0 Å². The Morgan fingerprint density at radius 3 is 2.76 bits per heavy atom. The number of rotatable bonds is 2. The highest BCUT2D eigenvalue weighted by molar-refractivity contribution is 6.04. The van der Waals surface area contributed by atoms with Gasteiger partial charge in [-0.25, -0.2) is 0 Å². The van der Waals surface area contributed by atoms with E-state index in [0.717, 1.165) is 19.3 Å². The predicted molar refractivity (Wildman–Crippen MR) is 100 cm³/mol. The number of carbonyl (C=O) groups excluding carboxylic acids is 2. The fourth-order valence-corrected chi connectivity index (χ4v) is 8.13. The SMILES string of the molecule is C=C1C(=O)[C@]23C[C@H]1[C@@H](O)C[C@H]2[C@]12CCC[C@@](C)(COC(C)=O)[C@H]1[C@H](O)[C@@]3(O)OC2.